The van der Waals surface area contributed by atoms with E-state index in [0.717, 1.165) is 36.9 Å². The third kappa shape index (κ3) is 2.22. The van der Waals surface area contributed by atoms with Crippen LogP contribution in [0.2, 0.25) is 0 Å². The maximum absolute atomic E-state index is 12.4. The smallest absolute Gasteiger partial charge is 0.264 e. The monoisotopic (exact) mass is 356 g/mol. The zero-order chi connectivity index (χ0) is 17.0. The first-order valence-electron chi connectivity index (χ1n) is 8.39. The maximum atomic E-state index is 12.4. The van der Waals surface area contributed by atoms with Crippen molar-refractivity contribution < 1.29 is 9.59 Å². The molecule has 4 heterocycles. The van der Waals surface area contributed by atoms with Gasteiger partial charge in [-0.2, -0.15) is 0 Å². The largest absolute Gasteiger partial charge is 0.340 e. The number of carbonyl (C=O) groups excluding carboxylic acids is 2. The predicted molar refractivity (Wildman–Crippen MR) is 92.0 cm³/mol. The summed E-state index contributed by atoms with van der Waals surface area (Å²) in [4.78, 5) is 37.7. The van der Waals surface area contributed by atoms with E-state index in [1.807, 2.05) is 0 Å². The van der Waals surface area contributed by atoms with Crippen molar-refractivity contribution in [2.24, 2.45) is 0 Å². The van der Waals surface area contributed by atoms with Gasteiger partial charge in [0.25, 0.3) is 5.91 Å². The molecular weight excluding hydrogens is 340 g/mol. The molecule has 0 bridgehead atoms. The Kier molecular flexibility index (Phi) is 3.08. The molecule has 25 heavy (non-hydrogen) atoms. The molecule has 2 amide bonds. The Morgan fingerprint density at radius 3 is 2.84 bits per heavy atom. The van der Waals surface area contributed by atoms with Gasteiger partial charge >= 0.3 is 0 Å². The number of nitrogens with one attached hydrogen (secondary N) is 3. The van der Waals surface area contributed by atoms with Crippen LogP contribution in [0.5, 0.6) is 0 Å². The zero-order valence-electron chi connectivity index (χ0n) is 13.4. The Hall–Kier alpha value is -2.55. The average molecular weight is 356 g/mol. The maximum Gasteiger partial charge on any atom is 0.264 e. The molecule has 2 aromatic rings. The van der Waals surface area contributed by atoms with Crippen LogP contribution in [0.4, 0.5) is 16.8 Å². The van der Waals surface area contributed by atoms with Gasteiger partial charge in [-0.1, -0.05) is 30.6 Å². The van der Waals surface area contributed by atoms with E-state index in [-0.39, 0.29) is 23.8 Å². The van der Waals surface area contributed by atoms with Crippen LogP contribution in [-0.2, 0) is 16.8 Å². The average Bonchev–Trinajstić information content (AvgIpc) is 3.24. The minimum atomic E-state index is -0.299. The van der Waals surface area contributed by atoms with Gasteiger partial charge < -0.3 is 16.0 Å². The van der Waals surface area contributed by atoms with E-state index in [1.165, 1.54) is 24.1 Å². The van der Waals surface area contributed by atoms with E-state index < -0.39 is 0 Å². The lowest BCUT2D eigenvalue weighted by atomic mass is 9.81. The van der Waals surface area contributed by atoms with Gasteiger partial charge in [0.05, 0.1) is 17.7 Å². The minimum absolute atomic E-state index is 0.0350. The van der Waals surface area contributed by atoms with E-state index in [9.17, 15) is 9.59 Å². The van der Waals surface area contributed by atoms with Crippen LogP contribution in [0.3, 0.4) is 0 Å². The highest BCUT2D eigenvalue weighted by molar-refractivity contribution is 7.17. The number of carbonyl (C=O) groups is 2. The summed E-state index contributed by atoms with van der Waals surface area (Å²) in [6, 6.07) is 0. The SMILES string of the molecule is O=C1Cc2c(ncnc2Nc2nc3c(s2)C(=O)NC32CCCCC2)N1. The second-order valence-electron chi connectivity index (χ2n) is 6.69. The summed E-state index contributed by atoms with van der Waals surface area (Å²) in [6.45, 7) is 0. The van der Waals surface area contributed by atoms with Crippen molar-refractivity contribution in [3.8, 4) is 0 Å². The molecule has 0 atom stereocenters. The molecule has 1 aliphatic carbocycles. The van der Waals surface area contributed by atoms with Gasteiger partial charge in [0, 0.05) is 5.56 Å². The second-order valence-corrected chi connectivity index (χ2v) is 7.69. The first kappa shape index (κ1) is 14.8. The number of nitrogens with zero attached hydrogens (tertiary/aromatic N) is 3. The van der Waals surface area contributed by atoms with Crippen molar-refractivity contribution >= 4 is 39.9 Å². The number of hydrogen-bond acceptors (Lipinski definition) is 7. The van der Waals surface area contributed by atoms with Gasteiger partial charge in [-0.3, -0.25) is 9.59 Å². The van der Waals surface area contributed by atoms with Gasteiger partial charge in [0.15, 0.2) is 5.13 Å². The highest BCUT2D eigenvalue weighted by Crippen LogP contribution is 2.45. The molecule has 128 valence electrons. The van der Waals surface area contributed by atoms with Crippen LogP contribution in [0.25, 0.3) is 0 Å². The molecular formula is C16H16N6O2S. The van der Waals surface area contributed by atoms with Gasteiger partial charge in [-0.25, -0.2) is 15.0 Å². The quantitative estimate of drug-likeness (QED) is 0.760. The molecule has 1 spiro atoms. The summed E-state index contributed by atoms with van der Waals surface area (Å²) in [5.41, 5.74) is 1.30. The highest BCUT2D eigenvalue weighted by Gasteiger charge is 2.46. The molecule has 0 aromatic carbocycles. The fourth-order valence-corrected chi connectivity index (χ4v) is 4.89. The van der Waals surface area contributed by atoms with Gasteiger partial charge in [0.1, 0.15) is 22.8 Å². The van der Waals surface area contributed by atoms with Crippen molar-refractivity contribution in [1.29, 1.82) is 0 Å². The third-order valence-corrected chi connectivity index (χ3v) is 6.08. The van der Waals surface area contributed by atoms with Crippen molar-refractivity contribution in [2.45, 2.75) is 44.1 Å². The molecule has 5 rings (SSSR count). The minimum Gasteiger partial charge on any atom is -0.340 e. The molecule has 0 unspecified atom stereocenters. The van der Waals surface area contributed by atoms with Crippen LogP contribution in [0, 0.1) is 0 Å². The van der Waals surface area contributed by atoms with Crippen molar-refractivity contribution in [1.82, 2.24) is 20.3 Å². The van der Waals surface area contributed by atoms with E-state index in [2.05, 4.69) is 25.9 Å². The van der Waals surface area contributed by atoms with Crippen molar-refractivity contribution in [3.05, 3.63) is 22.5 Å². The van der Waals surface area contributed by atoms with Crippen LogP contribution in [-0.4, -0.2) is 26.8 Å². The van der Waals surface area contributed by atoms with E-state index in [4.69, 9.17) is 4.98 Å². The Bertz CT molecular complexity index is 902. The normalized spacial score (nSPS) is 20.2. The summed E-state index contributed by atoms with van der Waals surface area (Å²) in [5, 5.41) is 9.67. The lowest BCUT2D eigenvalue weighted by Gasteiger charge is -2.32. The Morgan fingerprint density at radius 1 is 1.16 bits per heavy atom. The predicted octanol–water partition coefficient (Wildman–Crippen LogP) is 2.07. The summed E-state index contributed by atoms with van der Waals surface area (Å²) >= 11 is 1.34. The summed E-state index contributed by atoms with van der Waals surface area (Å²) in [7, 11) is 0. The number of rotatable bonds is 2. The first-order chi connectivity index (χ1) is 12.1. The number of hydrogen-bond donors (Lipinski definition) is 3. The zero-order valence-corrected chi connectivity index (χ0v) is 14.2. The van der Waals surface area contributed by atoms with E-state index in [1.54, 1.807) is 0 Å². The topological polar surface area (TPSA) is 109 Å². The molecule has 2 aromatic heterocycles. The standard InChI is InChI=1S/C16H16N6O2S/c23-9-6-8-12(19-9)17-7-18-13(8)21-15-20-11-10(25-15)14(24)22-16(11)4-2-1-3-5-16/h7H,1-6H2,(H,22,24)(H2,17,18,19,20,21,23). The molecule has 0 radical (unpaired) electrons. The van der Waals surface area contributed by atoms with E-state index in [0.29, 0.717) is 21.6 Å². The molecule has 0 saturated heterocycles. The van der Waals surface area contributed by atoms with Crippen LogP contribution in [0.1, 0.15) is 53.0 Å². The van der Waals surface area contributed by atoms with Gasteiger partial charge in [-0.05, 0) is 12.8 Å². The molecule has 9 heteroatoms. The van der Waals surface area contributed by atoms with Gasteiger partial charge in [0.2, 0.25) is 5.91 Å². The van der Waals surface area contributed by atoms with E-state index >= 15 is 0 Å². The number of amides is 2. The fraction of sp³-hybridized carbons (Fsp3) is 0.438. The molecule has 3 aliphatic rings. The molecule has 2 aliphatic heterocycles. The Balaban J connectivity index is 1.49. The first-order valence-corrected chi connectivity index (χ1v) is 9.21. The number of thiazole rings is 1. The Morgan fingerprint density at radius 2 is 2.00 bits per heavy atom. The number of fused-ring (bicyclic) bond motifs is 3. The Labute approximate surface area is 147 Å². The van der Waals surface area contributed by atoms with Gasteiger partial charge in [-0.15, -0.1) is 0 Å². The van der Waals surface area contributed by atoms with Crippen molar-refractivity contribution in [3.63, 3.8) is 0 Å². The number of anilines is 3. The lowest BCUT2D eigenvalue weighted by Crippen LogP contribution is -2.41. The fourth-order valence-electron chi connectivity index (χ4n) is 3.94. The number of aromatic nitrogens is 3. The molecule has 8 nitrogen and oxygen atoms in total. The van der Waals surface area contributed by atoms with Crippen molar-refractivity contribution in [2.75, 3.05) is 10.6 Å². The van der Waals surface area contributed by atoms with Crippen LogP contribution >= 0.6 is 11.3 Å². The third-order valence-electron chi connectivity index (χ3n) is 5.11. The molecule has 1 fully saturated rings. The lowest BCUT2D eigenvalue weighted by molar-refractivity contribution is -0.115. The van der Waals surface area contributed by atoms with Crippen LogP contribution < -0.4 is 16.0 Å². The molecule has 3 N–H and O–H groups in total. The summed E-state index contributed by atoms with van der Waals surface area (Å²) in [6.07, 6.45) is 6.95. The summed E-state index contributed by atoms with van der Waals surface area (Å²) in [5.74, 6) is 0.967. The molecule has 1 saturated carbocycles. The highest BCUT2D eigenvalue weighted by atomic mass is 32.1. The van der Waals surface area contributed by atoms with Crippen LogP contribution in [0.15, 0.2) is 6.33 Å². The second kappa shape index (κ2) is 5.22. The summed E-state index contributed by atoms with van der Waals surface area (Å²) < 4.78 is 0.